The molecule has 0 saturated carbocycles. The lowest BCUT2D eigenvalue weighted by Crippen LogP contribution is -2.45. The summed E-state index contributed by atoms with van der Waals surface area (Å²) in [6, 6.07) is 59.6. The summed E-state index contributed by atoms with van der Waals surface area (Å²) >= 11 is 0. The zero-order valence-electron chi connectivity index (χ0n) is 32.2. The first-order chi connectivity index (χ1) is 28.0. The number of amidine groups is 1. The quantitative estimate of drug-likeness (QED) is 0.153. The Morgan fingerprint density at radius 1 is 0.509 bits per heavy atom. The van der Waals surface area contributed by atoms with Crippen molar-refractivity contribution < 1.29 is 0 Å². The molecule has 3 atom stereocenters. The van der Waals surface area contributed by atoms with Gasteiger partial charge in [0.15, 0.2) is 0 Å². The summed E-state index contributed by atoms with van der Waals surface area (Å²) in [6.07, 6.45) is 8.41. The summed E-state index contributed by atoms with van der Waals surface area (Å²) in [5.41, 5.74) is 13.0. The zero-order valence-corrected chi connectivity index (χ0v) is 32.2. The summed E-state index contributed by atoms with van der Waals surface area (Å²) in [6.45, 7) is 4.51. The first-order valence-electron chi connectivity index (χ1n) is 20.0. The van der Waals surface area contributed by atoms with Gasteiger partial charge in [0.05, 0.1) is 11.7 Å². The van der Waals surface area contributed by atoms with E-state index >= 15 is 0 Å². The van der Waals surface area contributed by atoms with E-state index in [4.69, 9.17) is 4.99 Å². The van der Waals surface area contributed by atoms with Gasteiger partial charge in [0.2, 0.25) is 0 Å². The van der Waals surface area contributed by atoms with Crippen LogP contribution in [0.15, 0.2) is 193 Å². The molecule has 0 aromatic heterocycles. The maximum absolute atomic E-state index is 5.34. The molecule has 0 fully saturated rings. The summed E-state index contributed by atoms with van der Waals surface area (Å²) in [5, 5.41) is 16.3. The van der Waals surface area contributed by atoms with Crippen molar-refractivity contribution in [3.8, 4) is 22.3 Å². The number of hydrogen-bond donors (Lipinski definition) is 3. The van der Waals surface area contributed by atoms with Gasteiger partial charge < -0.3 is 10.6 Å². The monoisotopic (exact) mass is 736 g/mol. The van der Waals surface area contributed by atoms with Gasteiger partial charge >= 0.3 is 0 Å². The minimum Gasteiger partial charge on any atom is -0.374 e. The third-order valence-corrected chi connectivity index (χ3v) is 11.5. The van der Waals surface area contributed by atoms with Gasteiger partial charge in [-0.1, -0.05) is 172 Å². The fourth-order valence-corrected chi connectivity index (χ4v) is 8.43. The highest BCUT2D eigenvalue weighted by atomic mass is 15.3. The number of allylic oxidation sites excluding steroid dienone is 2. The van der Waals surface area contributed by atoms with E-state index in [9.17, 15) is 0 Å². The Labute approximate surface area is 334 Å². The van der Waals surface area contributed by atoms with Crippen LogP contribution in [-0.2, 0) is 0 Å². The van der Waals surface area contributed by atoms with Gasteiger partial charge in [-0.05, 0) is 102 Å². The third kappa shape index (κ3) is 6.79. The molecule has 7 aromatic carbocycles. The third-order valence-electron chi connectivity index (χ3n) is 11.5. The second-order valence-electron chi connectivity index (χ2n) is 15.5. The Bertz CT molecular complexity index is 2870. The molecular weight excluding hydrogens is 693 g/mol. The molecule has 3 unspecified atom stereocenters. The Kier molecular flexibility index (Phi) is 8.97. The van der Waals surface area contributed by atoms with Crippen molar-refractivity contribution in [2.24, 2.45) is 4.99 Å². The number of rotatable bonds is 7. The predicted molar refractivity (Wildman–Crippen MR) is 237 cm³/mol. The minimum absolute atomic E-state index is 0.117. The van der Waals surface area contributed by atoms with Gasteiger partial charge in [-0.25, -0.2) is 4.99 Å². The lowest BCUT2D eigenvalue weighted by Gasteiger charge is -2.32. The average Bonchev–Trinajstić information content (AvgIpc) is 3.28. The summed E-state index contributed by atoms with van der Waals surface area (Å²) in [4.78, 5) is 5.34. The Balaban J connectivity index is 1.09. The van der Waals surface area contributed by atoms with Crippen LogP contribution in [0.25, 0.3) is 44.3 Å². The van der Waals surface area contributed by atoms with Crippen molar-refractivity contribution >= 4 is 27.9 Å². The van der Waals surface area contributed by atoms with Crippen molar-refractivity contribution in [1.29, 1.82) is 0 Å². The standard InChI is InChI=1S/C53H44N4/c1-34(2)37-18-13-19-38(28-37)43-31-44(33-45(32-43)53-56-51(35-14-5-3-6-15-35)55-52(57-53)36-16-7-4-8-17-36)41-25-24-40-30-42(27-26-39(40)29-41)50-48-22-10-9-20-46(48)47-21-11-12-23-49(47)54-50/h3-34,49,51-52,54-55H,1-2H3,(H,56,57). The number of nitrogens with zero attached hydrogens (tertiary/aromatic N) is 1. The number of aliphatic imine (C=N–C) groups is 1. The molecule has 2 aliphatic heterocycles. The van der Waals surface area contributed by atoms with Gasteiger partial charge in [0, 0.05) is 10.8 Å². The molecule has 57 heavy (non-hydrogen) atoms. The number of fused-ring (bicyclic) bond motifs is 3. The van der Waals surface area contributed by atoms with Crippen molar-refractivity contribution in [1.82, 2.24) is 16.0 Å². The molecule has 0 bridgehead atoms. The fourth-order valence-electron chi connectivity index (χ4n) is 8.43. The largest absolute Gasteiger partial charge is 0.374 e. The van der Waals surface area contributed by atoms with Crippen LogP contribution in [0, 0.1) is 0 Å². The molecule has 0 amide bonds. The number of hydrogen-bond acceptors (Lipinski definition) is 4. The summed E-state index contributed by atoms with van der Waals surface area (Å²) in [5.74, 6) is 1.30. The molecule has 3 aliphatic rings. The molecular formula is C53H44N4. The smallest absolute Gasteiger partial charge is 0.131 e. The summed E-state index contributed by atoms with van der Waals surface area (Å²) in [7, 11) is 0. The topological polar surface area (TPSA) is 48.5 Å². The highest BCUT2D eigenvalue weighted by Gasteiger charge is 2.26. The molecule has 1 aliphatic carbocycles. The molecule has 7 aromatic rings. The van der Waals surface area contributed by atoms with E-state index in [-0.39, 0.29) is 18.4 Å². The number of benzene rings is 7. The Hall–Kier alpha value is -6.75. The first-order valence-corrected chi connectivity index (χ1v) is 20.0. The van der Waals surface area contributed by atoms with Crippen LogP contribution in [0.3, 0.4) is 0 Å². The lowest BCUT2D eigenvalue weighted by molar-refractivity contribution is 0.409. The van der Waals surface area contributed by atoms with Crippen molar-refractivity contribution in [3.63, 3.8) is 0 Å². The lowest BCUT2D eigenvalue weighted by atomic mass is 9.91. The molecule has 276 valence electrons. The minimum atomic E-state index is -0.211. The van der Waals surface area contributed by atoms with Crippen LogP contribution in [0.4, 0.5) is 0 Å². The normalized spacial score (nSPS) is 18.4. The fraction of sp³-hybridized carbons (Fsp3) is 0.113. The van der Waals surface area contributed by atoms with Crippen molar-refractivity contribution in [2.75, 3.05) is 0 Å². The van der Waals surface area contributed by atoms with Crippen LogP contribution in [-0.4, -0.2) is 11.9 Å². The van der Waals surface area contributed by atoms with Crippen LogP contribution in [0.2, 0.25) is 0 Å². The Morgan fingerprint density at radius 2 is 1.16 bits per heavy atom. The van der Waals surface area contributed by atoms with Gasteiger partial charge in [-0.3, -0.25) is 5.32 Å². The van der Waals surface area contributed by atoms with E-state index in [1.807, 2.05) is 0 Å². The van der Waals surface area contributed by atoms with Crippen LogP contribution in [0.1, 0.15) is 59.9 Å². The van der Waals surface area contributed by atoms with E-state index in [2.05, 4.69) is 218 Å². The van der Waals surface area contributed by atoms with Crippen LogP contribution in [0.5, 0.6) is 0 Å². The maximum atomic E-state index is 5.34. The van der Waals surface area contributed by atoms with E-state index in [0.29, 0.717) is 5.92 Å². The van der Waals surface area contributed by atoms with Crippen molar-refractivity contribution in [2.45, 2.75) is 38.1 Å². The Morgan fingerprint density at radius 3 is 1.91 bits per heavy atom. The molecule has 10 rings (SSSR count). The first kappa shape index (κ1) is 34.7. The van der Waals surface area contributed by atoms with Gasteiger partial charge in [-0.2, -0.15) is 0 Å². The zero-order chi connectivity index (χ0) is 38.3. The van der Waals surface area contributed by atoms with Crippen molar-refractivity contribution in [3.05, 3.63) is 226 Å². The highest BCUT2D eigenvalue weighted by Crippen LogP contribution is 2.34. The van der Waals surface area contributed by atoms with Crippen LogP contribution < -0.4 is 26.4 Å². The molecule has 0 radical (unpaired) electrons. The molecule has 4 nitrogen and oxygen atoms in total. The average molecular weight is 737 g/mol. The molecule has 0 saturated heterocycles. The molecule has 2 heterocycles. The van der Waals surface area contributed by atoms with E-state index in [1.165, 1.54) is 54.7 Å². The van der Waals surface area contributed by atoms with Gasteiger partial charge in [0.25, 0.3) is 0 Å². The molecule has 4 heteroatoms. The van der Waals surface area contributed by atoms with Gasteiger partial charge in [0.1, 0.15) is 18.2 Å². The van der Waals surface area contributed by atoms with Gasteiger partial charge in [-0.15, -0.1) is 0 Å². The van der Waals surface area contributed by atoms with E-state index in [0.717, 1.165) is 33.7 Å². The second kappa shape index (κ2) is 14.7. The highest BCUT2D eigenvalue weighted by molar-refractivity contribution is 6.02. The predicted octanol–water partition coefficient (Wildman–Crippen LogP) is 10.0. The second-order valence-corrected chi connectivity index (χ2v) is 15.5. The molecule has 0 spiro atoms. The SMILES string of the molecule is CC(C)c1cccc(-c2cc(C3=NC(c4ccccc4)NC(c4ccccc4)N3)cc(-c3ccc4cc(C5=c6ccccc6=C6C=CC=CC6N5)ccc4c3)c2)c1. The summed E-state index contributed by atoms with van der Waals surface area (Å²) < 4.78 is 0. The maximum Gasteiger partial charge on any atom is 0.131 e. The van der Waals surface area contributed by atoms with E-state index in [1.54, 1.807) is 0 Å². The number of nitrogens with one attached hydrogen (secondary N) is 3. The van der Waals surface area contributed by atoms with Crippen LogP contribution >= 0.6 is 0 Å². The van der Waals surface area contributed by atoms with E-state index < -0.39 is 0 Å². The molecule has 3 N–H and O–H groups in total.